The maximum Gasteiger partial charge on any atom is 0.254 e. The second-order valence-electron chi connectivity index (χ2n) is 8.21. The van der Waals surface area contributed by atoms with Gasteiger partial charge in [-0.3, -0.25) is 9.59 Å². The number of benzene rings is 1. The van der Waals surface area contributed by atoms with Crippen LogP contribution in [0.1, 0.15) is 60.9 Å². The van der Waals surface area contributed by atoms with Crippen LogP contribution in [-0.2, 0) is 4.79 Å². The molecule has 0 aromatic heterocycles. The van der Waals surface area contributed by atoms with Crippen molar-refractivity contribution in [1.29, 1.82) is 0 Å². The van der Waals surface area contributed by atoms with Gasteiger partial charge in [0.2, 0.25) is 5.91 Å². The molecule has 2 bridgehead atoms. The average molecular weight is 355 g/mol. The highest BCUT2D eigenvalue weighted by atomic mass is 16.2. The first kappa shape index (κ1) is 17.5. The summed E-state index contributed by atoms with van der Waals surface area (Å²) in [5.41, 5.74) is 2.37. The van der Waals surface area contributed by atoms with E-state index in [0.29, 0.717) is 30.0 Å². The van der Waals surface area contributed by atoms with Gasteiger partial charge in [-0.2, -0.15) is 0 Å². The largest absolute Gasteiger partial charge is 0.339 e. The first-order valence-corrected chi connectivity index (χ1v) is 10.0. The topological polar surface area (TPSA) is 61.4 Å². The molecule has 2 atom stereocenters. The van der Waals surface area contributed by atoms with E-state index in [-0.39, 0.29) is 11.8 Å². The number of amides is 2. The zero-order valence-corrected chi connectivity index (χ0v) is 15.6. The third-order valence-electron chi connectivity index (χ3n) is 6.28. The van der Waals surface area contributed by atoms with Crippen molar-refractivity contribution in [1.82, 2.24) is 10.2 Å². The standard InChI is InChI=1S/C21H29N3O2/c1-14-18(21(26)24-9-2-3-10-24)5-4-6-19(14)23-20(25)13-15-11-16-7-8-17(12-15)22-16/h4-6,15-17,22H,2-3,7-13H2,1H3,(H,23,25). The summed E-state index contributed by atoms with van der Waals surface area (Å²) in [6, 6.07) is 6.86. The lowest BCUT2D eigenvalue weighted by atomic mass is 9.89. The van der Waals surface area contributed by atoms with E-state index >= 15 is 0 Å². The number of rotatable bonds is 4. The van der Waals surface area contributed by atoms with Crippen LogP contribution in [0.15, 0.2) is 18.2 Å². The minimum Gasteiger partial charge on any atom is -0.339 e. The molecule has 3 saturated heterocycles. The predicted molar refractivity (Wildman–Crippen MR) is 102 cm³/mol. The summed E-state index contributed by atoms with van der Waals surface area (Å²) in [4.78, 5) is 27.2. The van der Waals surface area contributed by atoms with Crippen LogP contribution in [0.5, 0.6) is 0 Å². The van der Waals surface area contributed by atoms with Gasteiger partial charge in [-0.25, -0.2) is 0 Å². The molecule has 2 N–H and O–H groups in total. The number of piperidine rings is 1. The van der Waals surface area contributed by atoms with Crippen molar-refractivity contribution in [2.45, 2.75) is 64.0 Å². The molecule has 5 heteroatoms. The molecule has 3 fully saturated rings. The van der Waals surface area contributed by atoms with Crippen molar-refractivity contribution >= 4 is 17.5 Å². The zero-order valence-electron chi connectivity index (χ0n) is 15.6. The summed E-state index contributed by atoms with van der Waals surface area (Å²) in [6.07, 6.45) is 7.47. The van der Waals surface area contributed by atoms with Crippen molar-refractivity contribution in [2.75, 3.05) is 18.4 Å². The van der Waals surface area contributed by atoms with Gasteiger partial charge in [-0.05, 0) is 69.1 Å². The van der Waals surface area contributed by atoms with Crippen LogP contribution in [0.2, 0.25) is 0 Å². The molecular formula is C21H29N3O2. The number of anilines is 1. The lowest BCUT2D eigenvalue weighted by Gasteiger charge is -2.28. The number of carbonyl (C=O) groups is 2. The summed E-state index contributed by atoms with van der Waals surface area (Å²) in [5, 5.41) is 6.69. The molecule has 26 heavy (non-hydrogen) atoms. The van der Waals surface area contributed by atoms with Gasteiger partial charge in [0.15, 0.2) is 0 Å². The quantitative estimate of drug-likeness (QED) is 0.872. The Bertz CT molecular complexity index is 684. The smallest absolute Gasteiger partial charge is 0.254 e. The molecule has 0 saturated carbocycles. The van der Waals surface area contributed by atoms with Crippen LogP contribution >= 0.6 is 0 Å². The summed E-state index contributed by atoms with van der Waals surface area (Å²) >= 11 is 0. The Balaban J connectivity index is 1.40. The number of fused-ring (bicyclic) bond motifs is 2. The third kappa shape index (κ3) is 3.63. The molecule has 2 amide bonds. The van der Waals surface area contributed by atoms with Gasteiger partial charge in [0.05, 0.1) is 0 Å². The fourth-order valence-electron chi connectivity index (χ4n) is 4.90. The van der Waals surface area contributed by atoms with Crippen LogP contribution in [0.3, 0.4) is 0 Å². The van der Waals surface area contributed by atoms with Gasteiger partial charge in [0.1, 0.15) is 0 Å². The number of nitrogens with zero attached hydrogens (tertiary/aromatic N) is 1. The SMILES string of the molecule is Cc1c(NC(=O)CC2CC3CCC(C2)N3)cccc1C(=O)N1CCCC1. The Morgan fingerprint density at radius 1 is 1.15 bits per heavy atom. The fraction of sp³-hybridized carbons (Fsp3) is 0.619. The Morgan fingerprint density at radius 2 is 1.85 bits per heavy atom. The molecule has 0 radical (unpaired) electrons. The third-order valence-corrected chi connectivity index (χ3v) is 6.28. The van der Waals surface area contributed by atoms with Gasteiger partial charge in [-0.1, -0.05) is 6.07 Å². The second-order valence-corrected chi connectivity index (χ2v) is 8.21. The van der Waals surface area contributed by atoms with E-state index < -0.39 is 0 Å². The minimum atomic E-state index is 0.0742. The highest BCUT2D eigenvalue weighted by Crippen LogP contribution is 2.33. The molecule has 5 nitrogen and oxygen atoms in total. The van der Waals surface area contributed by atoms with Crippen LogP contribution in [0.4, 0.5) is 5.69 Å². The van der Waals surface area contributed by atoms with Crippen LogP contribution in [-0.4, -0.2) is 41.9 Å². The van der Waals surface area contributed by atoms with Gasteiger partial charge in [0, 0.05) is 42.8 Å². The van der Waals surface area contributed by atoms with E-state index in [9.17, 15) is 9.59 Å². The summed E-state index contributed by atoms with van der Waals surface area (Å²) in [7, 11) is 0. The van der Waals surface area contributed by atoms with Crippen molar-refractivity contribution < 1.29 is 9.59 Å². The molecule has 0 aliphatic carbocycles. The maximum atomic E-state index is 12.7. The van der Waals surface area contributed by atoms with E-state index in [1.807, 2.05) is 30.0 Å². The molecule has 3 aliphatic rings. The van der Waals surface area contributed by atoms with E-state index in [1.54, 1.807) is 0 Å². The Labute approximate surface area is 155 Å². The predicted octanol–water partition coefficient (Wildman–Crippen LogP) is 3.09. The summed E-state index contributed by atoms with van der Waals surface area (Å²) in [5.74, 6) is 0.639. The van der Waals surface area contributed by atoms with Crippen LogP contribution < -0.4 is 10.6 Å². The van der Waals surface area contributed by atoms with Crippen molar-refractivity contribution in [3.63, 3.8) is 0 Å². The van der Waals surface area contributed by atoms with Gasteiger partial charge in [-0.15, -0.1) is 0 Å². The number of hydrogen-bond donors (Lipinski definition) is 2. The lowest BCUT2D eigenvalue weighted by Crippen LogP contribution is -2.39. The first-order chi connectivity index (χ1) is 12.6. The lowest BCUT2D eigenvalue weighted by molar-refractivity contribution is -0.117. The molecule has 3 aliphatic heterocycles. The van der Waals surface area contributed by atoms with E-state index in [0.717, 1.165) is 50.0 Å². The molecule has 140 valence electrons. The van der Waals surface area contributed by atoms with E-state index in [1.165, 1.54) is 12.8 Å². The molecule has 4 rings (SSSR count). The summed E-state index contributed by atoms with van der Waals surface area (Å²) in [6.45, 7) is 3.61. The number of carbonyl (C=O) groups excluding carboxylic acids is 2. The minimum absolute atomic E-state index is 0.0742. The maximum absolute atomic E-state index is 12.7. The second kappa shape index (κ2) is 7.39. The Kier molecular flexibility index (Phi) is 4.98. The van der Waals surface area contributed by atoms with Gasteiger partial charge >= 0.3 is 0 Å². The molecule has 1 aromatic rings. The molecule has 1 aromatic carbocycles. The highest BCUT2D eigenvalue weighted by Gasteiger charge is 2.34. The summed E-state index contributed by atoms with van der Waals surface area (Å²) < 4.78 is 0. The monoisotopic (exact) mass is 355 g/mol. The average Bonchev–Trinajstić information content (AvgIpc) is 3.26. The Morgan fingerprint density at radius 3 is 2.54 bits per heavy atom. The number of nitrogens with one attached hydrogen (secondary N) is 2. The fourth-order valence-corrected chi connectivity index (χ4v) is 4.90. The van der Waals surface area contributed by atoms with Crippen molar-refractivity contribution in [2.24, 2.45) is 5.92 Å². The highest BCUT2D eigenvalue weighted by molar-refractivity contribution is 5.99. The normalized spacial score (nSPS) is 27.6. The molecule has 2 unspecified atom stereocenters. The number of hydrogen-bond acceptors (Lipinski definition) is 3. The van der Waals surface area contributed by atoms with E-state index in [2.05, 4.69) is 10.6 Å². The van der Waals surface area contributed by atoms with Gasteiger partial charge in [0.25, 0.3) is 5.91 Å². The van der Waals surface area contributed by atoms with E-state index in [4.69, 9.17) is 0 Å². The van der Waals surface area contributed by atoms with Crippen LogP contribution in [0.25, 0.3) is 0 Å². The van der Waals surface area contributed by atoms with Crippen LogP contribution in [0, 0.1) is 12.8 Å². The van der Waals surface area contributed by atoms with Gasteiger partial charge < -0.3 is 15.5 Å². The molecular weight excluding hydrogens is 326 g/mol. The Hall–Kier alpha value is -1.88. The van der Waals surface area contributed by atoms with Crippen molar-refractivity contribution in [3.8, 4) is 0 Å². The van der Waals surface area contributed by atoms with Crippen molar-refractivity contribution in [3.05, 3.63) is 29.3 Å². The first-order valence-electron chi connectivity index (χ1n) is 10.0. The molecule has 0 spiro atoms. The number of likely N-dealkylation sites (tertiary alicyclic amines) is 1. The zero-order chi connectivity index (χ0) is 18.1. The molecule has 3 heterocycles.